The van der Waals surface area contributed by atoms with Crippen LogP contribution in [0.5, 0.6) is 11.6 Å². The molecule has 15 nitrogen and oxygen atoms in total. The number of aliphatic hydroxyl groups excluding tert-OH is 1. The average Bonchev–Trinajstić information content (AvgIpc) is 4.05. The number of H-pyrrole nitrogens is 1. The number of carbonyl (C=O) groups is 3. The fraction of sp³-hybridized carbons (Fsp3) is 0.295. The third-order valence-corrected chi connectivity index (χ3v) is 12.0. The molecular weight excluding hydrogens is 785 g/mol. The van der Waals surface area contributed by atoms with E-state index in [9.17, 15) is 24.6 Å². The van der Waals surface area contributed by atoms with Crippen LogP contribution in [0.15, 0.2) is 88.9 Å². The van der Waals surface area contributed by atoms with E-state index in [0.717, 1.165) is 38.0 Å². The Morgan fingerprint density at radius 1 is 1.03 bits per heavy atom. The van der Waals surface area contributed by atoms with E-state index in [4.69, 9.17) is 9.26 Å². The molecular formula is C44H44N8O7S. The number of β-amino-alcohol motifs (C(OH)–C–C–N with tert-alkyl or cyclic N) is 1. The van der Waals surface area contributed by atoms with Crippen molar-refractivity contribution in [3.05, 3.63) is 101 Å². The quantitative estimate of drug-likeness (QED) is 0.105. The molecule has 4 aromatic heterocycles. The molecule has 5 heterocycles. The predicted molar refractivity (Wildman–Crippen MR) is 226 cm³/mol. The molecule has 308 valence electrons. The highest BCUT2D eigenvalue weighted by Gasteiger charge is 2.43. The number of likely N-dealkylation sites (N-methyl/N-ethyl adjacent to an activating group) is 1. The molecule has 3 aromatic carbocycles. The van der Waals surface area contributed by atoms with Crippen LogP contribution in [0.4, 0.5) is 5.69 Å². The zero-order valence-corrected chi connectivity index (χ0v) is 34.4. The minimum absolute atomic E-state index is 0.00866. The highest BCUT2D eigenvalue weighted by molar-refractivity contribution is 7.13. The number of aliphatic hydroxyl groups is 1. The van der Waals surface area contributed by atoms with E-state index < -0.39 is 18.1 Å². The Morgan fingerprint density at radius 2 is 1.82 bits per heavy atom. The van der Waals surface area contributed by atoms with Crippen LogP contribution in [0.3, 0.4) is 0 Å². The van der Waals surface area contributed by atoms with Crippen molar-refractivity contribution in [2.45, 2.75) is 58.2 Å². The summed E-state index contributed by atoms with van der Waals surface area (Å²) in [5.74, 6) is -1.90. The number of rotatable bonds is 12. The van der Waals surface area contributed by atoms with Gasteiger partial charge < -0.3 is 39.6 Å². The third-order valence-electron chi connectivity index (χ3n) is 11.0. The topological polar surface area (TPSA) is 200 Å². The van der Waals surface area contributed by atoms with Crippen molar-refractivity contribution >= 4 is 56.7 Å². The van der Waals surface area contributed by atoms with E-state index >= 15 is 0 Å². The van der Waals surface area contributed by atoms with Crippen molar-refractivity contribution in [1.82, 2.24) is 35.5 Å². The number of aromatic nitrogens is 5. The minimum atomic E-state index is -0.891. The van der Waals surface area contributed by atoms with Crippen molar-refractivity contribution in [2.75, 3.05) is 25.1 Å². The van der Waals surface area contributed by atoms with Crippen molar-refractivity contribution in [3.63, 3.8) is 0 Å². The molecule has 3 amide bonds. The lowest BCUT2D eigenvalue weighted by atomic mass is 9.91. The van der Waals surface area contributed by atoms with E-state index in [2.05, 4.69) is 30.6 Å². The number of benzene rings is 3. The Kier molecular flexibility index (Phi) is 11.1. The number of hydrogen-bond acceptors (Lipinski definition) is 12. The van der Waals surface area contributed by atoms with Crippen LogP contribution in [-0.2, 0) is 14.4 Å². The molecule has 1 saturated heterocycles. The van der Waals surface area contributed by atoms with Crippen molar-refractivity contribution in [1.29, 1.82) is 0 Å². The van der Waals surface area contributed by atoms with Gasteiger partial charge in [-0.1, -0.05) is 50.2 Å². The van der Waals surface area contributed by atoms with Gasteiger partial charge >= 0.3 is 0 Å². The summed E-state index contributed by atoms with van der Waals surface area (Å²) in [4.78, 5) is 52.8. The third kappa shape index (κ3) is 7.90. The number of anilines is 1. The summed E-state index contributed by atoms with van der Waals surface area (Å²) in [6.07, 6.45) is -0.780. The maximum Gasteiger partial charge on any atom is 0.264 e. The number of phenols is 1. The molecule has 0 saturated carbocycles. The minimum Gasteiger partial charge on any atom is -0.507 e. The summed E-state index contributed by atoms with van der Waals surface area (Å²) in [5.41, 5.74) is 7.74. The number of ether oxygens (including phenoxy) is 1. The van der Waals surface area contributed by atoms with Gasteiger partial charge in [0.2, 0.25) is 11.8 Å². The Hall–Kier alpha value is -6.65. The van der Waals surface area contributed by atoms with Crippen LogP contribution >= 0.6 is 11.3 Å². The summed E-state index contributed by atoms with van der Waals surface area (Å²) in [6.45, 7) is 7.18. The Bertz CT molecular complexity index is 2710. The van der Waals surface area contributed by atoms with Crippen molar-refractivity contribution in [3.8, 4) is 33.3 Å². The number of carbonyl (C=O) groups excluding carboxylic acids is 3. The number of phenolic OH excluding ortho intramolecular Hbond substituents is 1. The van der Waals surface area contributed by atoms with Crippen LogP contribution in [0.2, 0.25) is 0 Å². The van der Waals surface area contributed by atoms with Gasteiger partial charge in [0.15, 0.2) is 18.0 Å². The molecule has 60 heavy (non-hydrogen) atoms. The molecule has 7 aromatic rings. The average molecular weight is 829 g/mol. The lowest BCUT2D eigenvalue weighted by Gasteiger charge is -2.29. The van der Waals surface area contributed by atoms with E-state index in [1.807, 2.05) is 81.7 Å². The van der Waals surface area contributed by atoms with Crippen LogP contribution in [0.25, 0.3) is 43.6 Å². The van der Waals surface area contributed by atoms with Crippen molar-refractivity contribution in [2.24, 2.45) is 5.92 Å². The van der Waals surface area contributed by atoms with E-state index in [0.29, 0.717) is 22.6 Å². The van der Waals surface area contributed by atoms with Crippen LogP contribution in [0, 0.1) is 12.8 Å². The van der Waals surface area contributed by atoms with Crippen LogP contribution in [-0.4, -0.2) is 90.5 Å². The molecule has 1 aliphatic heterocycles. The SMILES string of the molecule is Cc1ncsc1-c1ccc([C@H](C)NC(=O)[C@@H]2C[C@@H](O)CN2C(=O)[C@@H](c2cc(OCC(=O)N(C)c3ccc4[nH]c5nnc(-c6ccccc6O)cc5c4c3)no2)C(C)C)cc1. The number of aryl methyl sites for hydroxylation is 1. The second kappa shape index (κ2) is 16.5. The Morgan fingerprint density at radius 3 is 2.55 bits per heavy atom. The molecule has 0 spiro atoms. The maximum absolute atomic E-state index is 14.2. The van der Waals surface area contributed by atoms with Gasteiger partial charge in [0.05, 0.1) is 33.9 Å². The van der Waals surface area contributed by atoms with Gasteiger partial charge in [-0.2, -0.15) is 0 Å². The molecule has 16 heteroatoms. The molecule has 4 N–H and O–H groups in total. The van der Waals surface area contributed by atoms with Crippen LogP contribution in [0.1, 0.15) is 56.2 Å². The smallest absolute Gasteiger partial charge is 0.264 e. The first-order valence-corrected chi connectivity index (χ1v) is 20.5. The number of nitrogens with zero attached hydrogens (tertiary/aromatic N) is 6. The van der Waals surface area contributed by atoms with E-state index in [-0.39, 0.29) is 66.6 Å². The summed E-state index contributed by atoms with van der Waals surface area (Å²) < 4.78 is 11.4. The molecule has 1 fully saturated rings. The zero-order valence-electron chi connectivity index (χ0n) is 33.6. The van der Waals surface area contributed by atoms with E-state index in [1.165, 1.54) is 15.9 Å². The first-order chi connectivity index (χ1) is 28.9. The molecule has 1 aliphatic rings. The standard InChI is InChI=1S/C44H44N8O7S/c1-23(2)40(44(57)52-20-29(53)17-35(52)43(56)46-24(3)26-10-12-27(13-11-26)41-25(4)45-22-60-41)37-19-38(50-59-37)58-21-39(55)51(5)28-14-15-33-31(16-28)32-18-34(48-49-42(32)47-33)30-8-6-7-9-36(30)54/h6-16,18-19,22-24,29,35,40,53-54H,17,20-21H2,1-5H3,(H,46,56)(H,47,49)/t24-,29+,35-,40+/m0/s1. The molecule has 0 unspecified atom stereocenters. The molecule has 0 aliphatic carbocycles. The highest BCUT2D eigenvalue weighted by atomic mass is 32.1. The summed E-state index contributed by atoms with van der Waals surface area (Å²) in [7, 11) is 1.63. The van der Waals surface area contributed by atoms with Crippen molar-refractivity contribution < 1.29 is 33.9 Å². The molecule has 0 radical (unpaired) electrons. The molecule has 4 atom stereocenters. The lowest BCUT2D eigenvalue weighted by molar-refractivity contribution is -0.141. The fourth-order valence-corrected chi connectivity index (χ4v) is 8.50. The first-order valence-electron chi connectivity index (χ1n) is 19.6. The first kappa shape index (κ1) is 40.1. The van der Waals surface area contributed by atoms with Gasteiger partial charge in [0.1, 0.15) is 17.7 Å². The number of aromatic amines is 1. The number of amides is 3. The molecule has 8 rings (SSSR count). The summed E-state index contributed by atoms with van der Waals surface area (Å²) >= 11 is 1.57. The van der Waals surface area contributed by atoms with Gasteiger partial charge in [-0.25, -0.2) is 4.98 Å². The number of para-hydroxylation sites is 1. The Balaban J connectivity index is 0.917. The van der Waals surface area contributed by atoms with Gasteiger partial charge in [-0.05, 0) is 72.4 Å². The normalized spacial score (nSPS) is 16.4. The van der Waals surface area contributed by atoms with Gasteiger partial charge in [-0.15, -0.1) is 21.5 Å². The number of fused-ring (bicyclic) bond motifs is 3. The van der Waals surface area contributed by atoms with Crippen LogP contribution < -0.4 is 15.0 Å². The number of nitrogens with one attached hydrogen (secondary N) is 2. The zero-order chi connectivity index (χ0) is 42.2. The van der Waals surface area contributed by atoms with Gasteiger partial charge in [0, 0.05) is 53.6 Å². The number of likely N-dealkylation sites (tertiary alicyclic amines) is 1. The predicted octanol–water partition coefficient (Wildman–Crippen LogP) is 6.52. The number of thiazole rings is 1. The highest BCUT2D eigenvalue weighted by Crippen LogP contribution is 2.35. The Labute approximate surface area is 349 Å². The second-order valence-electron chi connectivity index (χ2n) is 15.4. The largest absolute Gasteiger partial charge is 0.507 e. The maximum atomic E-state index is 14.2. The number of hydrogen-bond donors (Lipinski definition) is 4. The number of aromatic hydroxyl groups is 1. The van der Waals surface area contributed by atoms with E-state index in [1.54, 1.807) is 42.6 Å². The second-order valence-corrected chi connectivity index (χ2v) is 16.3. The summed E-state index contributed by atoms with van der Waals surface area (Å²) in [5, 5.41) is 38.3. The molecule has 0 bridgehead atoms. The monoisotopic (exact) mass is 828 g/mol. The lowest BCUT2D eigenvalue weighted by Crippen LogP contribution is -2.48. The fourth-order valence-electron chi connectivity index (χ4n) is 7.69. The summed E-state index contributed by atoms with van der Waals surface area (Å²) in [6, 6.07) is 22.4. The van der Waals surface area contributed by atoms with Gasteiger partial charge in [0.25, 0.3) is 11.8 Å². The van der Waals surface area contributed by atoms with Gasteiger partial charge in [-0.3, -0.25) is 14.4 Å².